The average Bonchev–Trinajstić information content (AvgIpc) is 2.63. The molecule has 0 bridgehead atoms. The third-order valence-corrected chi connectivity index (χ3v) is 6.02. The van der Waals surface area contributed by atoms with Crippen molar-refractivity contribution in [3.63, 3.8) is 0 Å². The van der Waals surface area contributed by atoms with Crippen molar-refractivity contribution in [3.8, 4) is 5.75 Å². The van der Waals surface area contributed by atoms with Crippen LogP contribution in [0.25, 0.3) is 0 Å². The van der Waals surface area contributed by atoms with Crippen LogP contribution in [0.15, 0.2) is 41.3 Å². The van der Waals surface area contributed by atoms with Crippen molar-refractivity contribution in [2.24, 2.45) is 0 Å². The van der Waals surface area contributed by atoms with E-state index in [1.54, 1.807) is 20.8 Å². The normalized spacial score (nSPS) is 11.5. The van der Waals surface area contributed by atoms with Crippen molar-refractivity contribution >= 4 is 21.6 Å². The van der Waals surface area contributed by atoms with Gasteiger partial charge in [0, 0.05) is 30.4 Å². The standard InChI is InChI=1S/C19H22F2N2O4S/c1-4-23(5-2)28(25,26)18-12-16(7-8-17(18)27-6-3)22-19(24)13-9-14(20)11-15(21)10-13/h7-12H,4-6H2,1-3H3,(H,22,24). The molecule has 0 heterocycles. The summed E-state index contributed by atoms with van der Waals surface area (Å²) in [5.74, 6) is -2.39. The lowest BCUT2D eigenvalue weighted by Crippen LogP contribution is -2.31. The van der Waals surface area contributed by atoms with E-state index >= 15 is 0 Å². The summed E-state index contributed by atoms with van der Waals surface area (Å²) in [5, 5.41) is 2.46. The van der Waals surface area contributed by atoms with Crippen molar-refractivity contribution in [2.75, 3.05) is 25.0 Å². The van der Waals surface area contributed by atoms with Gasteiger partial charge in [0.1, 0.15) is 22.3 Å². The Bertz CT molecular complexity index is 940. The number of halogens is 2. The van der Waals surface area contributed by atoms with E-state index in [4.69, 9.17) is 4.74 Å². The quantitative estimate of drug-likeness (QED) is 0.718. The summed E-state index contributed by atoms with van der Waals surface area (Å²) in [7, 11) is -3.85. The zero-order valence-corrected chi connectivity index (χ0v) is 16.6. The first-order chi connectivity index (χ1) is 13.2. The largest absolute Gasteiger partial charge is 0.492 e. The number of carbonyl (C=O) groups is 1. The first-order valence-electron chi connectivity index (χ1n) is 8.77. The summed E-state index contributed by atoms with van der Waals surface area (Å²) in [6, 6.07) is 6.59. The number of ether oxygens (including phenoxy) is 1. The van der Waals surface area contributed by atoms with E-state index in [9.17, 15) is 22.0 Å². The van der Waals surface area contributed by atoms with E-state index in [0.717, 1.165) is 12.1 Å². The number of hydrogen-bond acceptors (Lipinski definition) is 4. The predicted molar refractivity (Wildman–Crippen MR) is 102 cm³/mol. The zero-order chi connectivity index (χ0) is 20.9. The molecule has 0 aromatic heterocycles. The van der Waals surface area contributed by atoms with Gasteiger partial charge in [0.05, 0.1) is 6.61 Å². The van der Waals surface area contributed by atoms with Crippen LogP contribution >= 0.6 is 0 Å². The molecular formula is C19H22F2N2O4S. The van der Waals surface area contributed by atoms with Crippen LogP contribution in [0.2, 0.25) is 0 Å². The van der Waals surface area contributed by atoms with E-state index in [1.165, 1.54) is 22.5 Å². The molecular weight excluding hydrogens is 390 g/mol. The van der Waals surface area contributed by atoms with Crippen LogP contribution in [0.4, 0.5) is 14.5 Å². The van der Waals surface area contributed by atoms with Gasteiger partial charge < -0.3 is 10.1 Å². The van der Waals surface area contributed by atoms with E-state index in [0.29, 0.717) is 6.07 Å². The van der Waals surface area contributed by atoms with Crippen LogP contribution in [0, 0.1) is 11.6 Å². The molecule has 0 saturated carbocycles. The fraction of sp³-hybridized carbons (Fsp3) is 0.316. The molecule has 28 heavy (non-hydrogen) atoms. The second-order valence-corrected chi connectivity index (χ2v) is 7.70. The Morgan fingerprint density at radius 3 is 2.18 bits per heavy atom. The van der Waals surface area contributed by atoms with Gasteiger partial charge in [-0.15, -0.1) is 0 Å². The maximum Gasteiger partial charge on any atom is 0.255 e. The van der Waals surface area contributed by atoms with Crippen molar-refractivity contribution in [3.05, 3.63) is 53.6 Å². The number of nitrogens with one attached hydrogen (secondary N) is 1. The van der Waals surface area contributed by atoms with Gasteiger partial charge in [-0.3, -0.25) is 4.79 Å². The first kappa shape index (κ1) is 21.8. The topological polar surface area (TPSA) is 75.7 Å². The van der Waals surface area contributed by atoms with Crippen LogP contribution in [-0.4, -0.2) is 38.3 Å². The lowest BCUT2D eigenvalue weighted by atomic mass is 10.2. The Balaban J connectivity index is 2.43. The number of rotatable bonds is 8. The Labute approximate surface area is 163 Å². The summed E-state index contributed by atoms with van der Waals surface area (Å²) in [4.78, 5) is 12.2. The average molecular weight is 412 g/mol. The third-order valence-electron chi connectivity index (χ3n) is 3.95. The van der Waals surface area contributed by atoms with Gasteiger partial charge in [-0.2, -0.15) is 4.31 Å². The molecule has 9 heteroatoms. The fourth-order valence-corrected chi connectivity index (χ4v) is 4.27. The lowest BCUT2D eigenvalue weighted by Gasteiger charge is -2.21. The Morgan fingerprint density at radius 2 is 1.64 bits per heavy atom. The minimum Gasteiger partial charge on any atom is -0.492 e. The molecule has 0 saturated heterocycles. The number of carbonyl (C=O) groups excluding carboxylic acids is 1. The van der Waals surface area contributed by atoms with Gasteiger partial charge in [0.2, 0.25) is 10.0 Å². The fourth-order valence-electron chi connectivity index (χ4n) is 2.65. The van der Waals surface area contributed by atoms with E-state index in [1.807, 2.05) is 0 Å². The van der Waals surface area contributed by atoms with Gasteiger partial charge in [0.25, 0.3) is 5.91 Å². The van der Waals surface area contributed by atoms with Gasteiger partial charge in [0.15, 0.2) is 0 Å². The van der Waals surface area contributed by atoms with Gasteiger partial charge in [-0.05, 0) is 37.3 Å². The SMILES string of the molecule is CCOc1ccc(NC(=O)c2cc(F)cc(F)c2)cc1S(=O)(=O)N(CC)CC. The van der Waals surface area contributed by atoms with Crippen LogP contribution in [0.5, 0.6) is 5.75 Å². The second-order valence-electron chi connectivity index (χ2n) is 5.80. The van der Waals surface area contributed by atoms with Crippen molar-refractivity contribution < 1.29 is 26.7 Å². The van der Waals surface area contributed by atoms with Crippen LogP contribution < -0.4 is 10.1 Å². The van der Waals surface area contributed by atoms with Gasteiger partial charge >= 0.3 is 0 Å². The summed E-state index contributed by atoms with van der Waals surface area (Å²) in [6.45, 7) is 5.95. The van der Waals surface area contributed by atoms with Crippen LogP contribution in [0.3, 0.4) is 0 Å². The molecule has 2 rings (SSSR count). The van der Waals surface area contributed by atoms with E-state index in [-0.39, 0.29) is 41.6 Å². The molecule has 1 amide bonds. The molecule has 0 atom stereocenters. The number of sulfonamides is 1. The molecule has 0 fully saturated rings. The zero-order valence-electron chi connectivity index (χ0n) is 15.8. The molecule has 1 N–H and O–H groups in total. The number of hydrogen-bond donors (Lipinski definition) is 1. The molecule has 2 aromatic carbocycles. The second kappa shape index (κ2) is 9.11. The molecule has 6 nitrogen and oxygen atoms in total. The lowest BCUT2D eigenvalue weighted by molar-refractivity contribution is 0.102. The molecule has 0 unspecified atom stereocenters. The Kier molecular flexibility index (Phi) is 7.09. The molecule has 0 aliphatic carbocycles. The summed E-state index contributed by atoms with van der Waals surface area (Å²) in [5.41, 5.74) is -0.0663. The van der Waals surface area contributed by atoms with Gasteiger partial charge in [-0.1, -0.05) is 13.8 Å². The molecule has 2 aromatic rings. The van der Waals surface area contributed by atoms with Gasteiger partial charge in [-0.25, -0.2) is 17.2 Å². The summed E-state index contributed by atoms with van der Waals surface area (Å²) >= 11 is 0. The number of nitrogens with zero attached hydrogens (tertiary/aromatic N) is 1. The smallest absolute Gasteiger partial charge is 0.255 e. The molecule has 0 aliphatic rings. The van der Waals surface area contributed by atoms with Crippen LogP contribution in [0.1, 0.15) is 31.1 Å². The summed E-state index contributed by atoms with van der Waals surface area (Å²) in [6.07, 6.45) is 0. The molecule has 0 spiro atoms. The highest BCUT2D eigenvalue weighted by Gasteiger charge is 2.26. The first-order valence-corrected chi connectivity index (χ1v) is 10.2. The third kappa shape index (κ3) is 4.85. The number of anilines is 1. The van der Waals surface area contributed by atoms with Crippen molar-refractivity contribution in [2.45, 2.75) is 25.7 Å². The summed E-state index contributed by atoms with van der Waals surface area (Å²) < 4.78 is 59.2. The van der Waals surface area contributed by atoms with Crippen molar-refractivity contribution in [1.82, 2.24) is 4.31 Å². The maximum atomic E-state index is 13.3. The number of benzene rings is 2. The van der Waals surface area contributed by atoms with Crippen LogP contribution in [-0.2, 0) is 10.0 Å². The molecule has 0 aliphatic heterocycles. The minimum atomic E-state index is -3.85. The molecule has 152 valence electrons. The Morgan fingerprint density at radius 1 is 1.04 bits per heavy atom. The number of amides is 1. The minimum absolute atomic E-state index is 0.0960. The van der Waals surface area contributed by atoms with Crippen molar-refractivity contribution in [1.29, 1.82) is 0 Å². The highest BCUT2D eigenvalue weighted by molar-refractivity contribution is 7.89. The van der Waals surface area contributed by atoms with E-state index < -0.39 is 27.6 Å². The molecule has 0 radical (unpaired) electrons. The Hall–Kier alpha value is -2.52. The maximum absolute atomic E-state index is 13.3. The monoisotopic (exact) mass is 412 g/mol. The van der Waals surface area contributed by atoms with E-state index in [2.05, 4.69) is 5.32 Å². The predicted octanol–water partition coefficient (Wildman–Crippen LogP) is 3.65. The highest BCUT2D eigenvalue weighted by atomic mass is 32.2. The highest BCUT2D eigenvalue weighted by Crippen LogP contribution is 2.30.